The molecule has 0 aliphatic heterocycles. The smallest absolute Gasteiger partial charge is 0.124 e. The Hall–Kier alpha value is -1.61. The van der Waals surface area contributed by atoms with Crippen molar-refractivity contribution in [3.63, 3.8) is 0 Å². The lowest BCUT2D eigenvalue weighted by molar-refractivity contribution is -0.107. The van der Waals surface area contributed by atoms with Gasteiger partial charge in [-0.25, -0.2) is 4.68 Å². The van der Waals surface area contributed by atoms with Gasteiger partial charge in [0, 0.05) is 17.7 Å². The third-order valence-corrected chi connectivity index (χ3v) is 2.81. The highest BCUT2D eigenvalue weighted by molar-refractivity contribution is 6.32. The van der Waals surface area contributed by atoms with Crippen LogP contribution in [-0.4, -0.2) is 16.1 Å². The van der Waals surface area contributed by atoms with E-state index in [1.54, 1.807) is 10.9 Å². The molecule has 3 nitrogen and oxygen atoms in total. The van der Waals surface area contributed by atoms with Crippen LogP contribution < -0.4 is 0 Å². The number of aldehydes is 1. The summed E-state index contributed by atoms with van der Waals surface area (Å²) >= 11 is 6.09. The molecule has 0 spiro atoms. The molecule has 16 heavy (non-hydrogen) atoms. The molecule has 0 amide bonds. The fraction of sp³-hybridized carbons (Fsp3) is 0.167. The Bertz CT molecular complexity index is 519. The predicted molar refractivity (Wildman–Crippen MR) is 63.1 cm³/mol. The molecule has 1 aromatic heterocycles. The first-order chi connectivity index (χ1) is 7.74. The van der Waals surface area contributed by atoms with E-state index < -0.39 is 0 Å². The lowest BCUT2D eigenvalue weighted by atomic mass is 10.2. The second-order valence-corrected chi connectivity index (χ2v) is 3.90. The van der Waals surface area contributed by atoms with Crippen LogP contribution in [0.1, 0.15) is 11.3 Å². The third-order valence-electron chi connectivity index (χ3n) is 2.50. The number of aromatic nitrogens is 2. The normalized spacial score (nSPS) is 10.4. The molecule has 0 saturated heterocycles. The maximum atomic E-state index is 10.5. The molecule has 82 valence electrons. The van der Waals surface area contributed by atoms with Crippen molar-refractivity contribution < 1.29 is 4.79 Å². The van der Waals surface area contributed by atoms with Crippen LogP contribution in [-0.2, 0) is 11.2 Å². The van der Waals surface area contributed by atoms with Gasteiger partial charge in [-0.2, -0.15) is 5.10 Å². The summed E-state index contributed by atoms with van der Waals surface area (Å²) in [6.45, 7) is 1.93. The Morgan fingerprint density at radius 2 is 2.19 bits per heavy atom. The van der Waals surface area contributed by atoms with Gasteiger partial charge in [0.15, 0.2) is 0 Å². The van der Waals surface area contributed by atoms with E-state index in [1.807, 2.05) is 31.2 Å². The summed E-state index contributed by atoms with van der Waals surface area (Å²) in [6.07, 6.45) is 2.96. The van der Waals surface area contributed by atoms with Gasteiger partial charge in [-0.1, -0.05) is 23.7 Å². The van der Waals surface area contributed by atoms with Crippen molar-refractivity contribution in [3.8, 4) is 5.69 Å². The van der Waals surface area contributed by atoms with Crippen LogP contribution in [0.4, 0.5) is 0 Å². The molecule has 0 radical (unpaired) electrons. The minimum Gasteiger partial charge on any atom is -0.303 e. The van der Waals surface area contributed by atoms with E-state index in [-0.39, 0.29) is 0 Å². The summed E-state index contributed by atoms with van der Waals surface area (Å²) in [4.78, 5) is 10.5. The van der Waals surface area contributed by atoms with Crippen molar-refractivity contribution in [2.75, 3.05) is 0 Å². The number of carbonyl (C=O) groups is 1. The van der Waals surface area contributed by atoms with Crippen LogP contribution in [0.2, 0.25) is 5.02 Å². The molecule has 0 aliphatic carbocycles. The van der Waals surface area contributed by atoms with E-state index in [4.69, 9.17) is 11.6 Å². The van der Waals surface area contributed by atoms with Crippen LogP contribution in [0.5, 0.6) is 0 Å². The van der Waals surface area contributed by atoms with Gasteiger partial charge in [0.25, 0.3) is 0 Å². The van der Waals surface area contributed by atoms with Gasteiger partial charge in [-0.05, 0) is 19.1 Å². The maximum Gasteiger partial charge on any atom is 0.124 e. The van der Waals surface area contributed by atoms with Crippen LogP contribution in [0.25, 0.3) is 5.69 Å². The zero-order chi connectivity index (χ0) is 11.5. The standard InChI is InChI=1S/C12H11ClN2O/c1-9-10(6-7-16)8-14-15(9)12-5-3-2-4-11(12)13/h2-5,7-8H,6H2,1H3. The van der Waals surface area contributed by atoms with E-state index >= 15 is 0 Å². The Labute approximate surface area is 98.7 Å². The number of hydrogen-bond acceptors (Lipinski definition) is 2. The second kappa shape index (κ2) is 4.49. The Balaban J connectivity index is 2.49. The third kappa shape index (κ3) is 1.86. The summed E-state index contributed by atoms with van der Waals surface area (Å²) in [5, 5.41) is 4.88. The van der Waals surface area contributed by atoms with Gasteiger partial charge in [-0.3, -0.25) is 0 Å². The number of rotatable bonds is 3. The van der Waals surface area contributed by atoms with E-state index in [1.165, 1.54) is 0 Å². The first-order valence-corrected chi connectivity index (χ1v) is 5.34. The molecule has 1 aromatic carbocycles. The topological polar surface area (TPSA) is 34.9 Å². The molecule has 0 saturated carbocycles. The summed E-state index contributed by atoms with van der Waals surface area (Å²) in [5.74, 6) is 0. The molecule has 0 unspecified atom stereocenters. The minimum absolute atomic E-state index is 0.385. The largest absolute Gasteiger partial charge is 0.303 e. The molecule has 0 bridgehead atoms. The SMILES string of the molecule is Cc1c(CC=O)cnn1-c1ccccc1Cl. The zero-order valence-corrected chi connectivity index (χ0v) is 9.61. The monoisotopic (exact) mass is 234 g/mol. The van der Waals surface area contributed by atoms with Gasteiger partial charge < -0.3 is 4.79 Å². The fourth-order valence-corrected chi connectivity index (χ4v) is 1.82. The minimum atomic E-state index is 0.385. The van der Waals surface area contributed by atoms with Gasteiger partial charge in [0.05, 0.1) is 16.9 Å². The van der Waals surface area contributed by atoms with Crippen molar-refractivity contribution in [2.45, 2.75) is 13.3 Å². The molecular formula is C12H11ClN2O. The lowest BCUT2D eigenvalue weighted by Gasteiger charge is -2.06. The van der Waals surface area contributed by atoms with E-state index in [9.17, 15) is 4.79 Å². The first kappa shape index (κ1) is 10.9. The highest BCUT2D eigenvalue weighted by atomic mass is 35.5. The average molecular weight is 235 g/mol. The van der Waals surface area contributed by atoms with Crippen LogP contribution in [0, 0.1) is 6.92 Å². The van der Waals surface area contributed by atoms with E-state index in [0.29, 0.717) is 11.4 Å². The van der Waals surface area contributed by atoms with Crippen molar-refractivity contribution in [1.29, 1.82) is 0 Å². The van der Waals surface area contributed by atoms with Gasteiger partial charge in [0.2, 0.25) is 0 Å². The molecule has 0 N–H and O–H groups in total. The van der Waals surface area contributed by atoms with Gasteiger partial charge in [-0.15, -0.1) is 0 Å². The molecule has 4 heteroatoms. The Morgan fingerprint density at radius 1 is 1.44 bits per heavy atom. The molecule has 0 fully saturated rings. The van der Waals surface area contributed by atoms with Crippen LogP contribution in [0.3, 0.4) is 0 Å². The zero-order valence-electron chi connectivity index (χ0n) is 8.85. The predicted octanol–water partition coefficient (Wildman–Crippen LogP) is 2.58. The quantitative estimate of drug-likeness (QED) is 0.765. The highest BCUT2D eigenvalue weighted by Crippen LogP contribution is 2.21. The molecule has 2 aromatic rings. The first-order valence-electron chi connectivity index (χ1n) is 4.96. The van der Waals surface area contributed by atoms with Crippen molar-refractivity contribution in [3.05, 3.63) is 46.7 Å². The molecular weight excluding hydrogens is 224 g/mol. The van der Waals surface area contributed by atoms with Gasteiger partial charge in [0.1, 0.15) is 6.29 Å². The van der Waals surface area contributed by atoms with E-state index in [0.717, 1.165) is 23.2 Å². The van der Waals surface area contributed by atoms with Gasteiger partial charge >= 0.3 is 0 Å². The van der Waals surface area contributed by atoms with Crippen LogP contribution in [0.15, 0.2) is 30.5 Å². The second-order valence-electron chi connectivity index (χ2n) is 3.49. The summed E-state index contributed by atoms with van der Waals surface area (Å²) in [5.41, 5.74) is 2.70. The van der Waals surface area contributed by atoms with Crippen molar-refractivity contribution >= 4 is 17.9 Å². The fourth-order valence-electron chi connectivity index (χ4n) is 1.60. The molecule has 1 heterocycles. The van der Waals surface area contributed by atoms with E-state index in [2.05, 4.69) is 5.10 Å². The molecule has 0 atom stereocenters. The van der Waals surface area contributed by atoms with Crippen molar-refractivity contribution in [2.24, 2.45) is 0 Å². The Morgan fingerprint density at radius 3 is 2.88 bits per heavy atom. The number of hydrogen-bond donors (Lipinski definition) is 0. The number of halogens is 1. The number of nitrogens with zero attached hydrogens (tertiary/aromatic N) is 2. The number of carbonyl (C=O) groups excluding carboxylic acids is 1. The van der Waals surface area contributed by atoms with Crippen molar-refractivity contribution in [1.82, 2.24) is 9.78 Å². The van der Waals surface area contributed by atoms with Crippen LogP contribution >= 0.6 is 11.6 Å². The summed E-state index contributed by atoms with van der Waals surface area (Å²) < 4.78 is 1.75. The lowest BCUT2D eigenvalue weighted by Crippen LogP contribution is -2.00. The Kier molecular flexibility index (Phi) is 3.06. The average Bonchev–Trinajstić information content (AvgIpc) is 2.62. The summed E-state index contributed by atoms with van der Waals surface area (Å²) in [6, 6.07) is 7.49. The number of benzene rings is 1. The number of para-hydroxylation sites is 1. The molecule has 0 aliphatic rings. The highest BCUT2D eigenvalue weighted by Gasteiger charge is 2.09. The maximum absolute atomic E-state index is 10.5. The molecule has 2 rings (SSSR count). The summed E-state index contributed by atoms with van der Waals surface area (Å²) in [7, 11) is 0.